The summed E-state index contributed by atoms with van der Waals surface area (Å²) in [5, 5.41) is 17.3. The maximum Gasteiger partial charge on any atom is 0.186 e. The molecule has 0 amide bonds. The predicted molar refractivity (Wildman–Crippen MR) is 101 cm³/mol. The molecule has 0 bridgehead atoms. The van der Waals surface area contributed by atoms with Gasteiger partial charge < -0.3 is 19.7 Å². The topological polar surface area (TPSA) is 93.1 Å². The van der Waals surface area contributed by atoms with E-state index in [0.29, 0.717) is 11.5 Å². The molecule has 27 heavy (non-hydrogen) atoms. The van der Waals surface area contributed by atoms with Crippen LogP contribution < -0.4 is 9.47 Å². The van der Waals surface area contributed by atoms with Crippen molar-refractivity contribution in [1.82, 2.24) is 0 Å². The van der Waals surface area contributed by atoms with Crippen molar-refractivity contribution in [3.63, 3.8) is 0 Å². The van der Waals surface area contributed by atoms with Crippen LogP contribution in [-0.4, -0.2) is 35.4 Å². The van der Waals surface area contributed by atoms with Crippen molar-refractivity contribution in [2.75, 3.05) is 13.6 Å². The predicted octanol–water partition coefficient (Wildman–Crippen LogP) is 2.60. The third-order valence-electron chi connectivity index (χ3n) is 3.49. The smallest absolute Gasteiger partial charge is 0.186 e. The van der Waals surface area contributed by atoms with Crippen LogP contribution in [0.1, 0.15) is 17.5 Å². The number of benzene rings is 2. The van der Waals surface area contributed by atoms with Gasteiger partial charge in [0.15, 0.2) is 25.2 Å². The maximum atomic E-state index is 11.9. The Morgan fingerprint density at radius 2 is 1.07 bits per heavy atom. The molecule has 2 aromatic rings. The Morgan fingerprint density at radius 1 is 0.704 bits per heavy atom. The number of hydrogen-bond donors (Lipinski definition) is 2. The van der Waals surface area contributed by atoms with Crippen molar-refractivity contribution in [3.8, 4) is 11.5 Å². The lowest BCUT2D eigenvalue weighted by Crippen LogP contribution is -2.01. The van der Waals surface area contributed by atoms with Crippen LogP contribution in [0.3, 0.4) is 0 Å². The van der Waals surface area contributed by atoms with Gasteiger partial charge in [-0.25, -0.2) is 0 Å². The molecule has 140 valence electrons. The highest BCUT2D eigenvalue weighted by Gasteiger charge is 2.04. The zero-order chi connectivity index (χ0) is 19.5. The number of ketones is 2. The minimum atomic E-state index is -0.399. The molecule has 0 aliphatic heterocycles. The van der Waals surface area contributed by atoms with E-state index in [-0.39, 0.29) is 18.0 Å². The summed E-state index contributed by atoms with van der Waals surface area (Å²) in [6, 6.07) is 13.6. The molecule has 2 N–H and O–H groups in total. The van der Waals surface area contributed by atoms with Crippen LogP contribution in [0.4, 0.5) is 0 Å². The molecular weight excluding hydrogens is 348 g/mol. The van der Waals surface area contributed by atoms with E-state index >= 15 is 0 Å². The van der Waals surface area contributed by atoms with Crippen LogP contribution in [0.25, 0.3) is 12.2 Å². The van der Waals surface area contributed by atoms with Gasteiger partial charge in [0.1, 0.15) is 11.5 Å². The van der Waals surface area contributed by atoms with Crippen LogP contribution in [-0.2, 0) is 9.59 Å². The molecule has 2 aromatic carbocycles. The normalized spacial score (nSPS) is 11.0. The number of allylic oxidation sites excluding steroid dienone is 2. The third-order valence-corrected chi connectivity index (χ3v) is 3.49. The first-order valence-corrected chi connectivity index (χ1v) is 8.20. The average Bonchev–Trinajstić information content (AvgIpc) is 2.67. The zero-order valence-corrected chi connectivity index (χ0v) is 14.6. The fraction of sp³-hybridized carbons (Fsp3) is 0.143. The van der Waals surface area contributed by atoms with E-state index in [0.717, 1.165) is 11.1 Å². The largest absolute Gasteiger partial charge is 0.468 e. The maximum absolute atomic E-state index is 11.9. The van der Waals surface area contributed by atoms with Crippen molar-refractivity contribution in [2.45, 2.75) is 6.42 Å². The minimum Gasteiger partial charge on any atom is -0.468 e. The summed E-state index contributed by atoms with van der Waals surface area (Å²) in [5.41, 5.74) is 1.56. The number of ether oxygens (including phenoxy) is 2. The first-order chi connectivity index (χ1) is 13.1. The lowest BCUT2D eigenvalue weighted by Gasteiger charge is -2.01. The molecule has 0 heterocycles. The van der Waals surface area contributed by atoms with E-state index < -0.39 is 13.6 Å². The number of carbonyl (C=O) groups is 2. The highest BCUT2D eigenvalue weighted by Crippen LogP contribution is 2.14. The van der Waals surface area contributed by atoms with Crippen molar-refractivity contribution in [3.05, 3.63) is 71.8 Å². The van der Waals surface area contributed by atoms with E-state index in [2.05, 4.69) is 0 Å². The lowest BCUT2D eigenvalue weighted by atomic mass is 10.1. The molecule has 0 spiro atoms. The fourth-order valence-electron chi connectivity index (χ4n) is 2.17. The molecular formula is C21H20O6. The van der Waals surface area contributed by atoms with Gasteiger partial charge in [-0.05, 0) is 47.5 Å². The highest BCUT2D eigenvalue weighted by atomic mass is 16.6. The Kier molecular flexibility index (Phi) is 7.96. The summed E-state index contributed by atoms with van der Waals surface area (Å²) >= 11 is 0. The van der Waals surface area contributed by atoms with Crippen LogP contribution >= 0.6 is 0 Å². The standard InChI is InChI=1S/C21H20O6/c22-14-26-20-9-3-16(4-10-20)1-7-18(24)13-19(25)8-2-17-5-11-21(12-6-17)27-15-23/h1-12,22-23H,13-15H2/b7-1+,8-2+. The Labute approximate surface area is 157 Å². The first kappa shape index (κ1) is 20.1. The van der Waals surface area contributed by atoms with Crippen LogP contribution in [0.5, 0.6) is 11.5 Å². The molecule has 0 saturated carbocycles. The highest BCUT2D eigenvalue weighted by molar-refractivity contribution is 6.10. The average molecular weight is 368 g/mol. The Bertz CT molecular complexity index is 734. The summed E-state index contributed by atoms with van der Waals surface area (Å²) in [7, 11) is 0. The zero-order valence-electron chi connectivity index (χ0n) is 14.6. The van der Waals surface area contributed by atoms with Crippen LogP contribution in [0.2, 0.25) is 0 Å². The number of carbonyl (C=O) groups excluding carboxylic acids is 2. The van der Waals surface area contributed by atoms with Crippen molar-refractivity contribution >= 4 is 23.7 Å². The summed E-state index contributed by atoms with van der Waals surface area (Å²) in [6.07, 6.45) is 5.72. The van der Waals surface area contributed by atoms with E-state index in [1.165, 1.54) is 12.2 Å². The van der Waals surface area contributed by atoms with Crippen molar-refractivity contribution < 1.29 is 29.3 Å². The van der Waals surface area contributed by atoms with Gasteiger partial charge in [0.25, 0.3) is 0 Å². The monoisotopic (exact) mass is 368 g/mol. The summed E-state index contributed by atoms with van der Waals surface area (Å²) in [4.78, 5) is 23.8. The Morgan fingerprint density at radius 3 is 1.41 bits per heavy atom. The molecule has 2 rings (SSSR count). The molecule has 6 heteroatoms. The summed E-state index contributed by atoms with van der Waals surface area (Å²) < 4.78 is 9.83. The van der Waals surface area contributed by atoms with Gasteiger partial charge >= 0.3 is 0 Å². The molecule has 0 aliphatic carbocycles. The number of hydrogen-bond acceptors (Lipinski definition) is 6. The molecule has 0 unspecified atom stereocenters. The number of aliphatic hydroxyl groups excluding tert-OH is 2. The van der Waals surface area contributed by atoms with Crippen molar-refractivity contribution in [1.29, 1.82) is 0 Å². The van der Waals surface area contributed by atoms with Gasteiger partial charge in [0, 0.05) is 0 Å². The van der Waals surface area contributed by atoms with Gasteiger partial charge in [-0.2, -0.15) is 0 Å². The van der Waals surface area contributed by atoms with E-state index in [1.807, 2.05) is 0 Å². The fourth-order valence-corrected chi connectivity index (χ4v) is 2.17. The van der Waals surface area contributed by atoms with Gasteiger partial charge in [0.2, 0.25) is 0 Å². The van der Waals surface area contributed by atoms with Crippen LogP contribution in [0.15, 0.2) is 60.7 Å². The Balaban J connectivity index is 1.84. The molecule has 0 fully saturated rings. The quantitative estimate of drug-likeness (QED) is 0.380. The molecule has 6 nitrogen and oxygen atoms in total. The molecule has 0 radical (unpaired) electrons. The number of rotatable bonds is 10. The molecule has 0 saturated heterocycles. The number of aliphatic hydroxyl groups is 2. The SMILES string of the molecule is O=C(/C=C/c1ccc(OCO)cc1)CC(=O)/C=C/c1ccc(OCO)cc1. The second-order valence-electron chi connectivity index (χ2n) is 5.46. The van der Waals surface area contributed by atoms with Crippen molar-refractivity contribution in [2.24, 2.45) is 0 Å². The van der Waals surface area contributed by atoms with Gasteiger partial charge in [-0.1, -0.05) is 36.4 Å². The molecule has 0 aromatic heterocycles. The lowest BCUT2D eigenvalue weighted by molar-refractivity contribution is -0.121. The molecule has 0 aliphatic rings. The van der Waals surface area contributed by atoms with E-state index in [4.69, 9.17) is 19.7 Å². The van der Waals surface area contributed by atoms with E-state index in [1.54, 1.807) is 60.7 Å². The third kappa shape index (κ3) is 7.27. The summed E-state index contributed by atoms with van der Waals surface area (Å²) in [6.45, 7) is -0.798. The molecule has 0 atom stereocenters. The minimum absolute atomic E-state index is 0.218. The summed E-state index contributed by atoms with van der Waals surface area (Å²) in [5.74, 6) is 0.452. The Hall–Kier alpha value is -3.22. The van der Waals surface area contributed by atoms with Gasteiger partial charge in [-0.3, -0.25) is 9.59 Å². The second-order valence-corrected chi connectivity index (χ2v) is 5.46. The second kappa shape index (κ2) is 10.7. The van der Waals surface area contributed by atoms with Gasteiger partial charge in [-0.15, -0.1) is 0 Å². The van der Waals surface area contributed by atoms with E-state index in [9.17, 15) is 9.59 Å². The van der Waals surface area contributed by atoms with Crippen LogP contribution in [0, 0.1) is 0 Å². The van der Waals surface area contributed by atoms with Gasteiger partial charge in [0.05, 0.1) is 6.42 Å². The first-order valence-electron chi connectivity index (χ1n) is 8.20.